The van der Waals surface area contributed by atoms with E-state index in [4.69, 9.17) is 9.84 Å². The highest BCUT2D eigenvalue weighted by Gasteiger charge is 2.35. The summed E-state index contributed by atoms with van der Waals surface area (Å²) < 4.78 is 43.4. The van der Waals surface area contributed by atoms with Crippen LogP contribution >= 0.6 is 0 Å². The smallest absolute Gasteiger partial charge is 0.419 e. The molecule has 0 aliphatic rings. The molecule has 1 N–H and O–H groups in total. The van der Waals surface area contributed by atoms with Gasteiger partial charge in [0.25, 0.3) is 5.91 Å². The predicted octanol–water partition coefficient (Wildman–Crippen LogP) is 2.02. The predicted molar refractivity (Wildman–Crippen MR) is 66.8 cm³/mol. The van der Waals surface area contributed by atoms with Gasteiger partial charge in [-0.05, 0) is 19.1 Å². The van der Waals surface area contributed by atoms with Gasteiger partial charge in [0.1, 0.15) is 12.3 Å². The average molecular weight is 305 g/mol. The first kappa shape index (κ1) is 16.8. The quantitative estimate of drug-likeness (QED) is 0.903. The van der Waals surface area contributed by atoms with Gasteiger partial charge in [-0.2, -0.15) is 13.2 Å². The zero-order valence-corrected chi connectivity index (χ0v) is 11.3. The largest absolute Gasteiger partial charge is 0.480 e. The number of alkyl halides is 3. The van der Waals surface area contributed by atoms with E-state index in [9.17, 15) is 22.8 Å². The SMILES string of the molecule is CC(Oc1ccccc1C(F)(F)F)C(=O)N(C)CC(=O)O. The van der Waals surface area contributed by atoms with E-state index in [2.05, 4.69) is 0 Å². The van der Waals surface area contributed by atoms with Crippen LogP contribution in [0, 0.1) is 0 Å². The lowest BCUT2D eigenvalue weighted by Gasteiger charge is -2.22. The second kappa shape index (κ2) is 6.47. The van der Waals surface area contributed by atoms with Crippen molar-refractivity contribution in [3.63, 3.8) is 0 Å². The standard InChI is InChI=1S/C13H14F3NO4/c1-8(12(20)17(2)7-11(18)19)21-10-6-4-3-5-9(10)13(14,15)16/h3-6,8H,7H2,1-2H3,(H,18,19). The summed E-state index contributed by atoms with van der Waals surface area (Å²) in [5, 5.41) is 8.57. The van der Waals surface area contributed by atoms with Gasteiger partial charge in [-0.25, -0.2) is 0 Å². The van der Waals surface area contributed by atoms with Gasteiger partial charge in [0, 0.05) is 7.05 Å². The Balaban J connectivity index is 2.87. The number of rotatable bonds is 5. The number of para-hydroxylation sites is 1. The van der Waals surface area contributed by atoms with Crippen LogP contribution in [0.5, 0.6) is 5.75 Å². The van der Waals surface area contributed by atoms with E-state index in [0.29, 0.717) is 0 Å². The van der Waals surface area contributed by atoms with E-state index < -0.39 is 42.0 Å². The highest BCUT2D eigenvalue weighted by Crippen LogP contribution is 2.36. The molecule has 1 aromatic carbocycles. The lowest BCUT2D eigenvalue weighted by atomic mass is 10.2. The van der Waals surface area contributed by atoms with E-state index in [1.54, 1.807) is 0 Å². The van der Waals surface area contributed by atoms with Crippen molar-refractivity contribution in [1.82, 2.24) is 4.90 Å². The molecule has 5 nitrogen and oxygen atoms in total. The molecule has 1 atom stereocenters. The van der Waals surface area contributed by atoms with Gasteiger partial charge in [-0.1, -0.05) is 12.1 Å². The first-order valence-electron chi connectivity index (χ1n) is 5.92. The number of nitrogens with zero attached hydrogens (tertiary/aromatic N) is 1. The third-order valence-electron chi connectivity index (χ3n) is 2.59. The van der Waals surface area contributed by atoms with Gasteiger partial charge in [0.15, 0.2) is 6.10 Å². The topological polar surface area (TPSA) is 66.8 Å². The van der Waals surface area contributed by atoms with Crippen LogP contribution in [0.1, 0.15) is 12.5 Å². The van der Waals surface area contributed by atoms with Crippen LogP contribution in [0.4, 0.5) is 13.2 Å². The monoisotopic (exact) mass is 305 g/mol. The zero-order valence-electron chi connectivity index (χ0n) is 11.3. The van der Waals surface area contributed by atoms with Gasteiger partial charge in [0.2, 0.25) is 0 Å². The fourth-order valence-electron chi connectivity index (χ4n) is 1.64. The fraction of sp³-hybridized carbons (Fsp3) is 0.385. The second-order valence-electron chi connectivity index (χ2n) is 4.34. The second-order valence-corrected chi connectivity index (χ2v) is 4.34. The van der Waals surface area contributed by atoms with Crippen molar-refractivity contribution in [3.05, 3.63) is 29.8 Å². The maximum Gasteiger partial charge on any atom is 0.419 e. The average Bonchev–Trinajstić information content (AvgIpc) is 2.36. The number of hydrogen-bond acceptors (Lipinski definition) is 3. The van der Waals surface area contributed by atoms with Crippen LogP contribution < -0.4 is 4.74 Å². The van der Waals surface area contributed by atoms with E-state index in [1.165, 1.54) is 26.1 Å². The van der Waals surface area contributed by atoms with E-state index in [1.807, 2.05) is 0 Å². The Morgan fingerprint density at radius 3 is 2.43 bits per heavy atom. The molecule has 0 radical (unpaired) electrons. The summed E-state index contributed by atoms with van der Waals surface area (Å²) in [6.45, 7) is 0.696. The molecule has 0 saturated heterocycles. The molecule has 0 fully saturated rings. The minimum atomic E-state index is -4.60. The van der Waals surface area contributed by atoms with Crippen molar-refractivity contribution >= 4 is 11.9 Å². The molecule has 0 aliphatic carbocycles. The number of hydrogen-bond donors (Lipinski definition) is 1. The number of ether oxygens (including phenoxy) is 1. The van der Waals surface area contributed by atoms with Crippen LogP contribution in [-0.2, 0) is 15.8 Å². The van der Waals surface area contributed by atoms with Crippen molar-refractivity contribution < 1.29 is 32.6 Å². The van der Waals surface area contributed by atoms with Gasteiger partial charge < -0.3 is 14.7 Å². The molecular weight excluding hydrogens is 291 g/mol. The fourth-order valence-corrected chi connectivity index (χ4v) is 1.64. The molecule has 0 heterocycles. The number of carbonyl (C=O) groups is 2. The van der Waals surface area contributed by atoms with Gasteiger partial charge in [-0.3, -0.25) is 9.59 Å². The summed E-state index contributed by atoms with van der Waals surface area (Å²) in [5.41, 5.74) is -0.995. The van der Waals surface area contributed by atoms with Crippen LogP contribution in [0.25, 0.3) is 0 Å². The lowest BCUT2D eigenvalue weighted by Crippen LogP contribution is -2.40. The van der Waals surface area contributed by atoms with Gasteiger partial charge >= 0.3 is 12.1 Å². The summed E-state index contributed by atoms with van der Waals surface area (Å²) in [6, 6.07) is 4.50. The number of amides is 1. The number of halogens is 3. The van der Waals surface area contributed by atoms with Crippen molar-refractivity contribution in [2.24, 2.45) is 0 Å². The van der Waals surface area contributed by atoms with Crippen LogP contribution in [0.15, 0.2) is 24.3 Å². The highest BCUT2D eigenvalue weighted by atomic mass is 19.4. The van der Waals surface area contributed by atoms with Crippen molar-refractivity contribution in [1.29, 1.82) is 0 Å². The molecule has 21 heavy (non-hydrogen) atoms. The van der Waals surface area contributed by atoms with E-state index in [-0.39, 0.29) is 0 Å². The number of aliphatic carboxylic acids is 1. The number of carboxylic acid groups (broad SMARTS) is 1. The Bertz CT molecular complexity index is 530. The third-order valence-corrected chi connectivity index (χ3v) is 2.59. The van der Waals surface area contributed by atoms with Gasteiger partial charge in [0.05, 0.1) is 5.56 Å². The lowest BCUT2D eigenvalue weighted by molar-refractivity contribution is -0.147. The molecule has 8 heteroatoms. The molecule has 0 aromatic heterocycles. The molecule has 1 unspecified atom stereocenters. The third kappa shape index (κ3) is 4.66. The Morgan fingerprint density at radius 2 is 1.90 bits per heavy atom. The molecule has 0 spiro atoms. The van der Waals surface area contributed by atoms with Crippen LogP contribution in [0.3, 0.4) is 0 Å². The molecule has 0 aliphatic heterocycles. The number of carboxylic acids is 1. The molecule has 0 saturated carbocycles. The Hall–Kier alpha value is -2.25. The molecule has 116 valence electrons. The Kier molecular flexibility index (Phi) is 5.17. The van der Waals surface area contributed by atoms with E-state index in [0.717, 1.165) is 17.0 Å². The maximum atomic E-state index is 12.8. The first-order valence-corrected chi connectivity index (χ1v) is 5.92. The van der Waals surface area contributed by atoms with E-state index >= 15 is 0 Å². The summed E-state index contributed by atoms with van der Waals surface area (Å²) in [4.78, 5) is 23.2. The molecule has 0 bridgehead atoms. The highest BCUT2D eigenvalue weighted by molar-refractivity contribution is 5.84. The van der Waals surface area contributed by atoms with Crippen molar-refractivity contribution in [2.45, 2.75) is 19.2 Å². The summed E-state index contributed by atoms with van der Waals surface area (Å²) >= 11 is 0. The number of carbonyl (C=O) groups excluding carboxylic acids is 1. The number of benzene rings is 1. The van der Waals surface area contributed by atoms with Gasteiger partial charge in [-0.15, -0.1) is 0 Å². The first-order chi connectivity index (χ1) is 9.62. The van der Waals surface area contributed by atoms with Crippen molar-refractivity contribution in [2.75, 3.05) is 13.6 Å². The summed E-state index contributed by atoms with van der Waals surface area (Å²) in [5.74, 6) is -2.43. The molecule has 1 aromatic rings. The summed E-state index contributed by atoms with van der Waals surface area (Å²) in [7, 11) is 1.23. The van der Waals surface area contributed by atoms with Crippen LogP contribution in [-0.4, -0.2) is 41.6 Å². The molecule has 1 rings (SSSR count). The minimum Gasteiger partial charge on any atom is -0.480 e. The Labute approximate surface area is 118 Å². The molecule has 1 amide bonds. The zero-order chi connectivity index (χ0) is 16.2. The molecular formula is C13H14F3NO4. The van der Waals surface area contributed by atoms with Crippen LogP contribution in [0.2, 0.25) is 0 Å². The number of likely N-dealkylation sites (N-methyl/N-ethyl adjacent to an activating group) is 1. The minimum absolute atomic E-state index is 0.477. The van der Waals surface area contributed by atoms with Crippen molar-refractivity contribution in [3.8, 4) is 5.75 Å². The Morgan fingerprint density at radius 1 is 1.33 bits per heavy atom. The normalized spacial score (nSPS) is 12.6. The maximum absolute atomic E-state index is 12.8. The summed E-state index contributed by atoms with van der Waals surface area (Å²) in [6.07, 6.45) is -5.84.